The Kier molecular flexibility index (Phi) is 3.91. The van der Waals surface area contributed by atoms with E-state index in [9.17, 15) is 5.11 Å². The minimum Gasteiger partial charge on any atom is -0.399 e. The molecule has 2 fully saturated rings. The Balaban J connectivity index is 1.71. The summed E-state index contributed by atoms with van der Waals surface area (Å²) in [5.74, 6) is 1.03. The molecule has 1 atom stereocenters. The molecule has 2 saturated heterocycles. The molecule has 3 heterocycles. The fourth-order valence-electron chi connectivity index (χ4n) is 2.76. The number of anilines is 1. The van der Waals surface area contributed by atoms with Crippen LogP contribution >= 0.6 is 0 Å². The van der Waals surface area contributed by atoms with Gasteiger partial charge in [0, 0.05) is 43.5 Å². The van der Waals surface area contributed by atoms with E-state index in [2.05, 4.69) is 14.9 Å². The molecule has 0 unspecified atom stereocenters. The van der Waals surface area contributed by atoms with E-state index >= 15 is 0 Å². The maximum Gasteiger partial charge on any atom is 0.498 e. The predicted molar refractivity (Wildman–Crippen MR) is 85.2 cm³/mol. The standard InChI is InChI=1S/C15H24BN3O3/c1-14(2)15(3,4)22-16(21-14)12-7-17-13(18-8-12)19-6-5-11(9-19)10-20/h7-8,11,20H,5-6,9-10H2,1-4H3/t11-/m1/s1. The summed E-state index contributed by atoms with van der Waals surface area (Å²) in [6, 6.07) is 0. The molecule has 0 saturated carbocycles. The highest BCUT2D eigenvalue weighted by Crippen LogP contribution is 2.36. The van der Waals surface area contributed by atoms with Crippen LogP contribution in [0.4, 0.5) is 5.95 Å². The summed E-state index contributed by atoms with van der Waals surface area (Å²) in [5, 5.41) is 9.22. The van der Waals surface area contributed by atoms with Crippen molar-refractivity contribution in [3.63, 3.8) is 0 Å². The normalized spacial score (nSPS) is 26.7. The van der Waals surface area contributed by atoms with Crippen molar-refractivity contribution in [3.8, 4) is 0 Å². The number of hydrogen-bond acceptors (Lipinski definition) is 6. The number of nitrogens with zero attached hydrogens (tertiary/aromatic N) is 3. The maximum atomic E-state index is 9.22. The summed E-state index contributed by atoms with van der Waals surface area (Å²) in [4.78, 5) is 11.0. The summed E-state index contributed by atoms with van der Waals surface area (Å²) in [7, 11) is -0.428. The van der Waals surface area contributed by atoms with Crippen LogP contribution in [0.25, 0.3) is 0 Å². The molecule has 2 aliphatic heterocycles. The number of aliphatic hydroxyl groups excluding tert-OH is 1. The molecule has 6 nitrogen and oxygen atoms in total. The largest absolute Gasteiger partial charge is 0.498 e. The van der Waals surface area contributed by atoms with Gasteiger partial charge in [-0.1, -0.05) is 0 Å². The van der Waals surface area contributed by atoms with Crippen molar-refractivity contribution in [1.82, 2.24) is 9.97 Å². The lowest BCUT2D eigenvalue weighted by molar-refractivity contribution is 0.00578. The Morgan fingerprint density at radius 3 is 2.32 bits per heavy atom. The van der Waals surface area contributed by atoms with Gasteiger partial charge in [-0.05, 0) is 34.1 Å². The van der Waals surface area contributed by atoms with Crippen molar-refractivity contribution in [2.24, 2.45) is 5.92 Å². The van der Waals surface area contributed by atoms with Crippen molar-refractivity contribution in [3.05, 3.63) is 12.4 Å². The highest BCUT2D eigenvalue weighted by Gasteiger charge is 2.52. The van der Waals surface area contributed by atoms with E-state index in [4.69, 9.17) is 9.31 Å². The molecule has 0 radical (unpaired) electrons. The van der Waals surface area contributed by atoms with E-state index in [1.54, 1.807) is 12.4 Å². The molecule has 0 amide bonds. The molecule has 3 rings (SSSR count). The molecule has 1 aromatic rings. The van der Waals surface area contributed by atoms with Crippen molar-refractivity contribution < 1.29 is 14.4 Å². The minimum atomic E-state index is -0.428. The quantitative estimate of drug-likeness (QED) is 0.825. The first-order valence-electron chi connectivity index (χ1n) is 7.86. The topological polar surface area (TPSA) is 67.7 Å². The Hall–Kier alpha value is -1.18. The first-order chi connectivity index (χ1) is 10.3. The second-order valence-corrected chi connectivity index (χ2v) is 7.19. The molecular formula is C15H24BN3O3. The van der Waals surface area contributed by atoms with E-state index in [-0.39, 0.29) is 17.8 Å². The lowest BCUT2D eigenvalue weighted by atomic mass is 9.81. The molecule has 22 heavy (non-hydrogen) atoms. The lowest BCUT2D eigenvalue weighted by Crippen LogP contribution is -2.41. The molecule has 1 N–H and O–H groups in total. The van der Waals surface area contributed by atoms with Crippen molar-refractivity contribution in [2.75, 3.05) is 24.6 Å². The molecule has 120 valence electrons. The van der Waals surface area contributed by atoms with Gasteiger partial charge >= 0.3 is 7.12 Å². The maximum absolute atomic E-state index is 9.22. The second-order valence-electron chi connectivity index (χ2n) is 7.19. The van der Waals surface area contributed by atoms with Gasteiger partial charge in [0.1, 0.15) is 0 Å². The van der Waals surface area contributed by atoms with Gasteiger partial charge < -0.3 is 19.3 Å². The smallest absolute Gasteiger partial charge is 0.399 e. The van der Waals surface area contributed by atoms with Crippen molar-refractivity contribution in [1.29, 1.82) is 0 Å². The molecule has 7 heteroatoms. The second kappa shape index (κ2) is 5.47. The summed E-state index contributed by atoms with van der Waals surface area (Å²) >= 11 is 0. The first kappa shape index (κ1) is 15.7. The number of rotatable bonds is 3. The monoisotopic (exact) mass is 305 g/mol. The van der Waals surface area contributed by atoms with Crippen molar-refractivity contribution in [2.45, 2.75) is 45.3 Å². The van der Waals surface area contributed by atoms with Crippen molar-refractivity contribution >= 4 is 18.5 Å². The Morgan fingerprint density at radius 2 is 1.82 bits per heavy atom. The van der Waals surface area contributed by atoms with Gasteiger partial charge in [-0.2, -0.15) is 0 Å². The van der Waals surface area contributed by atoms with Gasteiger partial charge in [-0.25, -0.2) is 9.97 Å². The first-order valence-corrected chi connectivity index (χ1v) is 7.86. The Labute approximate surface area is 132 Å². The Morgan fingerprint density at radius 1 is 1.23 bits per heavy atom. The van der Waals surface area contributed by atoms with Gasteiger partial charge in [0.2, 0.25) is 5.95 Å². The van der Waals surface area contributed by atoms with Crippen LogP contribution in [-0.4, -0.2) is 53.1 Å². The van der Waals surface area contributed by atoms with Crippen LogP contribution in [0.1, 0.15) is 34.1 Å². The third kappa shape index (κ3) is 2.73. The lowest BCUT2D eigenvalue weighted by Gasteiger charge is -2.32. The average Bonchev–Trinajstić information content (AvgIpc) is 3.02. The van der Waals surface area contributed by atoms with E-state index in [1.165, 1.54) is 0 Å². The average molecular weight is 305 g/mol. The van der Waals surface area contributed by atoms with E-state index in [0.29, 0.717) is 11.9 Å². The number of hydrogen-bond donors (Lipinski definition) is 1. The summed E-state index contributed by atoms with van der Waals surface area (Å²) in [6.45, 7) is 10.0. The fraction of sp³-hybridized carbons (Fsp3) is 0.733. The van der Waals surface area contributed by atoms with Crippen LogP contribution < -0.4 is 10.4 Å². The van der Waals surface area contributed by atoms with Crippen LogP contribution in [-0.2, 0) is 9.31 Å². The third-order valence-electron chi connectivity index (χ3n) is 5.01. The fourth-order valence-corrected chi connectivity index (χ4v) is 2.76. The third-order valence-corrected chi connectivity index (χ3v) is 5.01. The van der Waals surface area contributed by atoms with Gasteiger partial charge in [0.05, 0.1) is 11.2 Å². The minimum absolute atomic E-state index is 0.225. The van der Waals surface area contributed by atoms with Gasteiger partial charge in [0.15, 0.2) is 0 Å². The van der Waals surface area contributed by atoms with Crippen LogP contribution in [0.3, 0.4) is 0 Å². The summed E-state index contributed by atoms with van der Waals surface area (Å²) in [5.41, 5.74) is 0.111. The van der Waals surface area contributed by atoms with Crippen LogP contribution in [0.15, 0.2) is 12.4 Å². The molecular weight excluding hydrogens is 281 g/mol. The highest BCUT2D eigenvalue weighted by atomic mass is 16.7. The molecule has 0 bridgehead atoms. The zero-order chi connectivity index (χ0) is 16.0. The van der Waals surface area contributed by atoms with E-state index < -0.39 is 7.12 Å². The van der Waals surface area contributed by atoms with Crippen LogP contribution in [0.5, 0.6) is 0 Å². The summed E-state index contributed by atoms with van der Waals surface area (Å²) in [6.07, 6.45) is 4.53. The van der Waals surface area contributed by atoms with Crippen LogP contribution in [0, 0.1) is 5.92 Å². The molecule has 0 aromatic carbocycles. The molecule has 0 aliphatic carbocycles. The van der Waals surface area contributed by atoms with Gasteiger partial charge in [-0.3, -0.25) is 0 Å². The summed E-state index contributed by atoms with van der Waals surface area (Å²) < 4.78 is 12.0. The van der Waals surface area contributed by atoms with E-state index in [1.807, 2.05) is 27.7 Å². The van der Waals surface area contributed by atoms with Crippen LogP contribution in [0.2, 0.25) is 0 Å². The van der Waals surface area contributed by atoms with Gasteiger partial charge in [0.25, 0.3) is 0 Å². The SMILES string of the molecule is CC1(C)OB(c2cnc(N3CC[C@@H](CO)C3)nc2)OC1(C)C. The van der Waals surface area contributed by atoms with E-state index in [0.717, 1.165) is 25.0 Å². The highest BCUT2D eigenvalue weighted by molar-refractivity contribution is 6.61. The Bertz CT molecular complexity index is 519. The number of aliphatic hydroxyl groups is 1. The predicted octanol–water partition coefficient (Wildman–Crippen LogP) is 0.594. The zero-order valence-electron chi connectivity index (χ0n) is 13.7. The number of aromatic nitrogens is 2. The zero-order valence-corrected chi connectivity index (χ0v) is 13.7. The van der Waals surface area contributed by atoms with Gasteiger partial charge in [-0.15, -0.1) is 0 Å². The molecule has 0 spiro atoms. The molecule has 2 aliphatic rings. The molecule has 1 aromatic heterocycles.